The zero-order valence-corrected chi connectivity index (χ0v) is 13.4. The Labute approximate surface area is 143 Å². The predicted molar refractivity (Wildman–Crippen MR) is 90.6 cm³/mol. The van der Waals surface area contributed by atoms with E-state index in [1.807, 2.05) is 24.3 Å². The van der Waals surface area contributed by atoms with Gasteiger partial charge in [-0.05, 0) is 25.1 Å². The molecule has 0 amide bonds. The molecule has 0 saturated carbocycles. The summed E-state index contributed by atoms with van der Waals surface area (Å²) in [5.74, 6) is -0.851. The highest BCUT2D eigenvalue weighted by molar-refractivity contribution is 6.10. The zero-order valence-electron chi connectivity index (χ0n) is 13.4. The van der Waals surface area contributed by atoms with Crippen LogP contribution in [0.4, 0.5) is 0 Å². The highest BCUT2D eigenvalue weighted by Gasteiger charge is 2.19. The molecule has 6 nitrogen and oxygen atoms in total. The molecule has 0 aliphatic carbocycles. The van der Waals surface area contributed by atoms with Crippen molar-refractivity contribution in [2.75, 3.05) is 6.61 Å². The summed E-state index contributed by atoms with van der Waals surface area (Å²) < 4.78 is 10.1. The minimum atomic E-state index is -0.871. The number of nitrogens with zero attached hydrogens (tertiary/aromatic N) is 1. The van der Waals surface area contributed by atoms with Crippen molar-refractivity contribution < 1.29 is 18.7 Å². The van der Waals surface area contributed by atoms with Crippen LogP contribution in [0.15, 0.2) is 52.7 Å². The topological polar surface area (TPSA) is 96.1 Å². The summed E-state index contributed by atoms with van der Waals surface area (Å²) in [5.41, 5.74) is 1.79. The number of hydrogen-bond donors (Lipinski definition) is 1. The Morgan fingerprint density at radius 3 is 2.80 bits per heavy atom. The molecule has 0 bridgehead atoms. The van der Waals surface area contributed by atoms with Crippen LogP contribution in [0.2, 0.25) is 0 Å². The van der Waals surface area contributed by atoms with Gasteiger partial charge in [0.25, 0.3) is 0 Å². The average molecular weight is 334 g/mol. The van der Waals surface area contributed by atoms with Crippen molar-refractivity contribution in [2.45, 2.75) is 6.92 Å². The summed E-state index contributed by atoms with van der Waals surface area (Å²) in [7, 11) is 0. The Bertz CT molecular complexity index is 1000. The molecule has 1 N–H and O–H groups in total. The second-order valence-electron chi connectivity index (χ2n) is 5.36. The predicted octanol–water partition coefficient (Wildman–Crippen LogP) is 3.40. The third kappa shape index (κ3) is 3.35. The van der Waals surface area contributed by atoms with E-state index in [2.05, 4.69) is 4.98 Å². The minimum absolute atomic E-state index is 0.238. The summed E-state index contributed by atoms with van der Waals surface area (Å²) in [5, 5.41) is 9.85. The van der Waals surface area contributed by atoms with Crippen molar-refractivity contribution in [3.05, 3.63) is 65.3 Å². The fraction of sp³-hybridized carbons (Fsp3) is 0.105. The highest BCUT2D eigenvalue weighted by atomic mass is 16.5. The molecule has 3 aromatic rings. The Morgan fingerprint density at radius 2 is 2.08 bits per heavy atom. The second kappa shape index (κ2) is 6.89. The number of aryl methyl sites for hydroxylation is 1. The molecule has 124 valence electrons. The average Bonchev–Trinajstić information content (AvgIpc) is 3.23. The van der Waals surface area contributed by atoms with Crippen LogP contribution >= 0.6 is 0 Å². The van der Waals surface area contributed by atoms with E-state index >= 15 is 0 Å². The molecular weight excluding hydrogens is 320 g/mol. The lowest BCUT2D eigenvalue weighted by atomic mass is 10.1. The lowest BCUT2D eigenvalue weighted by molar-refractivity contribution is -0.137. The van der Waals surface area contributed by atoms with Gasteiger partial charge in [-0.2, -0.15) is 5.26 Å². The standard InChI is InChI=1S/C19H14N2O4/c1-12-18(15-6-2-3-7-16(15)21-12)17(22)11-25-19(23)13(10-20)9-14-5-4-8-24-14/h2-9,21H,11H2,1H3/b13-9+. The van der Waals surface area contributed by atoms with Crippen LogP contribution in [0.25, 0.3) is 17.0 Å². The van der Waals surface area contributed by atoms with Gasteiger partial charge in [0.05, 0.1) is 6.26 Å². The van der Waals surface area contributed by atoms with Gasteiger partial charge in [0.2, 0.25) is 5.78 Å². The Balaban J connectivity index is 1.74. The number of nitriles is 1. The number of carbonyl (C=O) groups excluding carboxylic acids is 2. The maximum absolute atomic E-state index is 12.5. The van der Waals surface area contributed by atoms with Crippen molar-refractivity contribution in [1.82, 2.24) is 4.98 Å². The molecule has 0 radical (unpaired) electrons. The summed E-state index contributed by atoms with van der Waals surface area (Å²) in [6.45, 7) is 1.34. The van der Waals surface area contributed by atoms with Gasteiger partial charge in [-0.25, -0.2) is 4.79 Å². The number of para-hydroxylation sites is 1. The second-order valence-corrected chi connectivity index (χ2v) is 5.36. The van der Waals surface area contributed by atoms with Crippen molar-refractivity contribution in [1.29, 1.82) is 5.26 Å². The number of rotatable bonds is 5. The molecule has 0 saturated heterocycles. The number of furan rings is 1. The monoisotopic (exact) mass is 334 g/mol. The maximum Gasteiger partial charge on any atom is 0.349 e. The fourth-order valence-corrected chi connectivity index (χ4v) is 2.57. The van der Waals surface area contributed by atoms with Crippen LogP contribution in [0.3, 0.4) is 0 Å². The van der Waals surface area contributed by atoms with Crippen molar-refractivity contribution >= 4 is 28.7 Å². The Hall–Kier alpha value is -3.59. The number of ketones is 1. The molecule has 0 atom stereocenters. The van der Waals surface area contributed by atoms with Crippen LogP contribution in [0, 0.1) is 18.3 Å². The van der Waals surface area contributed by atoms with E-state index in [0.29, 0.717) is 17.0 Å². The van der Waals surface area contributed by atoms with E-state index in [1.54, 1.807) is 25.1 Å². The normalized spacial score (nSPS) is 11.3. The largest absolute Gasteiger partial charge is 0.465 e. The zero-order chi connectivity index (χ0) is 17.8. The molecule has 1 aromatic carbocycles. The number of esters is 1. The molecule has 0 aliphatic rings. The Morgan fingerprint density at radius 1 is 1.28 bits per heavy atom. The van der Waals surface area contributed by atoms with Gasteiger partial charge in [0.1, 0.15) is 17.4 Å². The maximum atomic E-state index is 12.5. The smallest absolute Gasteiger partial charge is 0.349 e. The van der Waals surface area contributed by atoms with E-state index in [9.17, 15) is 9.59 Å². The first-order valence-electron chi connectivity index (χ1n) is 7.53. The van der Waals surface area contributed by atoms with Crippen molar-refractivity contribution in [2.24, 2.45) is 0 Å². The Kier molecular flexibility index (Phi) is 4.48. The first-order chi connectivity index (χ1) is 12.1. The fourth-order valence-electron chi connectivity index (χ4n) is 2.57. The number of aromatic nitrogens is 1. The lowest BCUT2D eigenvalue weighted by Gasteiger charge is -2.04. The van der Waals surface area contributed by atoms with Gasteiger partial charge in [0.15, 0.2) is 6.61 Å². The van der Waals surface area contributed by atoms with Crippen LogP contribution in [-0.2, 0) is 9.53 Å². The molecule has 25 heavy (non-hydrogen) atoms. The number of Topliss-reactive ketones (excluding diaryl/α,β-unsaturated/α-hetero) is 1. The number of carbonyl (C=O) groups is 2. The summed E-state index contributed by atoms with van der Waals surface area (Å²) in [6.07, 6.45) is 2.69. The summed E-state index contributed by atoms with van der Waals surface area (Å²) in [6, 6.07) is 12.4. The van der Waals surface area contributed by atoms with E-state index in [4.69, 9.17) is 14.4 Å². The van der Waals surface area contributed by atoms with Crippen molar-refractivity contribution in [3.8, 4) is 6.07 Å². The molecule has 2 aromatic heterocycles. The van der Waals surface area contributed by atoms with E-state index in [-0.39, 0.29) is 11.4 Å². The van der Waals surface area contributed by atoms with Crippen LogP contribution in [0.1, 0.15) is 21.8 Å². The number of nitrogens with one attached hydrogen (secondary N) is 1. The molecule has 0 fully saturated rings. The van der Waals surface area contributed by atoms with Gasteiger partial charge < -0.3 is 14.1 Å². The van der Waals surface area contributed by atoms with E-state index in [1.165, 1.54) is 12.3 Å². The van der Waals surface area contributed by atoms with Gasteiger partial charge in [-0.15, -0.1) is 0 Å². The van der Waals surface area contributed by atoms with Crippen molar-refractivity contribution in [3.63, 3.8) is 0 Å². The van der Waals surface area contributed by atoms with Crippen LogP contribution in [-0.4, -0.2) is 23.3 Å². The van der Waals surface area contributed by atoms with E-state index < -0.39 is 12.6 Å². The first-order valence-corrected chi connectivity index (χ1v) is 7.53. The minimum Gasteiger partial charge on any atom is -0.465 e. The third-order valence-corrected chi connectivity index (χ3v) is 3.68. The molecule has 0 unspecified atom stereocenters. The molecular formula is C19H14N2O4. The molecule has 2 heterocycles. The third-order valence-electron chi connectivity index (χ3n) is 3.68. The number of benzene rings is 1. The van der Waals surface area contributed by atoms with Crippen LogP contribution in [0.5, 0.6) is 0 Å². The van der Waals surface area contributed by atoms with Gasteiger partial charge in [0, 0.05) is 28.2 Å². The molecule has 6 heteroatoms. The van der Waals surface area contributed by atoms with Gasteiger partial charge >= 0.3 is 5.97 Å². The summed E-state index contributed by atoms with van der Waals surface area (Å²) >= 11 is 0. The summed E-state index contributed by atoms with van der Waals surface area (Å²) in [4.78, 5) is 27.6. The molecule has 0 spiro atoms. The number of ether oxygens (including phenoxy) is 1. The first kappa shape index (κ1) is 16.3. The molecule has 3 rings (SSSR count). The van der Waals surface area contributed by atoms with Gasteiger partial charge in [-0.3, -0.25) is 4.79 Å². The van der Waals surface area contributed by atoms with Crippen LogP contribution < -0.4 is 0 Å². The van der Waals surface area contributed by atoms with Gasteiger partial charge in [-0.1, -0.05) is 18.2 Å². The number of fused-ring (bicyclic) bond motifs is 1. The SMILES string of the molecule is Cc1[nH]c2ccccc2c1C(=O)COC(=O)/C(C#N)=C/c1ccco1. The number of aromatic amines is 1. The number of H-pyrrole nitrogens is 1. The number of hydrogen-bond acceptors (Lipinski definition) is 5. The van der Waals surface area contributed by atoms with E-state index in [0.717, 1.165) is 10.9 Å². The highest BCUT2D eigenvalue weighted by Crippen LogP contribution is 2.22. The molecule has 0 aliphatic heterocycles. The lowest BCUT2D eigenvalue weighted by Crippen LogP contribution is -2.15. The quantitative estimate of drug-likeness (QED) is 0.334.